The van der Waals surface area contributed by atoms with E-state index in [9.17, 15) is 0 Å². The molecule has 2 nitrogen and oxygen atoms in total. The molecule has 0 spiro atoms. The molecule has 110 valence electrons. The molecule has 0 atom stereocenters. The van der Waals surface area contributed by atoms with Crippen molar-refractivity contribution in [1.82, 2.24) is 0 Å². The van der Waals surface area contributed by atoms with Crippen LogP contribution in [0.1, 0.15) is 59.1 Å². The molecule has 0 fully saturated rings. The Labute approximate surface area is 123 Å². The summed E-state index contributed by atoms with van der Waals surface area (Å²) in [7, 11) is 0. The molecule has 1 aromatic rings. The molecular weight excluding hydrogens is 246 g/mol. The van der Waals surface area contributed by atoms with E-state index in [0.29, 0.717) is 6.61 Å². The third-order valence-electron chi connectivity index (χ3n) is 3.55. The first-order valence-corrected chi connectivity index (χ1v) is 7.37. The lowest BCUT2D eigenvalue weighted by Crippen LogP contribution is -2.17. The number of benzene rings is 1. The maximum Gasteiger partial charge on any atom is 0.123 e. The zero-order valence-electron chi connectivity index (χ0n) is 13.7. The minimum absolute atomic E-state index is 0.0608. The standard InChI is InChI=1S/C18H27NO/c1-7-14-8-9-16(15(12-14)17(2,3)4)20-11-10-18(5,6)13-19/h8-9,12H,7,10-11H2,1-6H3. The van der Waals surface area contributed by atoms with E-state index in [2.05, 4.69) is 52.0 Å². The highest BCUT2D eigenvalue weighted by Crippen LogP contribution is 2.33. The summed E-state index contributed by atoms with van der Waals surface area (Å²) in [6.45, 7) is 13.2. The Morgan fingerprint density at radius 2 is 1.80 bits per heavy atom. The molecule has 1 rings (SSSR count). The predicted octanol–water partition coefficient (Wildman–Crippen LogP) is 4.87. The summed E-state index contributed by atoms with van der Waals surface area (Å²) in [5, 5.41) is 9.04. The molecule has 0 N–H and O–H groups in total. The molecule has 20 heavy (non-hydrogen) atoms. The average molecular weight is 273 g/mol. The van der Waals surface area contributed by atoms with Gasteiger partial charge in [0.05, 0.1) is 18.1 Å². The Bertz CT molecular complexity index is 489. The minimum atomic E-state index is -0.328. The molecule has 0 aliphatic rings. The van der Waals surface area contributed by atoms with Crippen LogP contribution in [0.2, 0.25) is 0 Å². The van der Waals surface area contributed by atoms with Crippen LogP contribution in [-0.2, 0) is 11.8 Å². The van der Waals surface area contributed by atoms with Crippen molar-refractivity contribution in [3.63, 3.8) is 0 Å². The Kier molecular flexibility index (Phi) is 5.22. The summed E-state index contributed by atoms with van der Waals surface area (Å²) >= 11 is 0. The summed E-state index contributed by atoms with van der Waals surface area (Å²) in [6.07, 6.45) is 1.77. The van der Waals surface area contributed by atoms with E-state index >= 15 is 0 Å². The van der Waals surface area contributed by atoms with Crippen LogP contribution in [-0.4, -0.2) is 6.61 Å². The number of hydrogen-bond acceptors (Lipinski definition) is 2. The van der Waals surface area contributed by atoms with Crippen LogP contribution in [0.4, 0.5) is 0 Å². The third-order valence-corrected chi connectivity index (χ3v) is 3.55. The Morgan fingerprint density at radius 1 is 1.15 bits per heavy atom. The van der Waals surface area contributed by atoms with Crippen LogP contribution >= 0.6 is 0 Å². The van der Waals surface area contributed by atoms with Gasteiger partial charge in [-0.2, -0.15) is 5.26 Å². The number of nitriles is 1. The van der Waals surface area contributed by atoms with Gasteiger partial charge in [-0.25, -0.2) is 0 Å². The maximum absolute atomic E-state index is 9.04. The lowest BCUT2D eigenvalue weighted by molar-refractivity contribution is 0.259. The summed E-state index contributed by atoms with van der Waals surface area (Å²) in [5.41, 5.74) is 2.31. The predicted molar refractivity (Wildman–Crippen MR) is 84.0 cm³/mol. The number of nitrogens with zero attached hydrogens (tertiary/aromatic N) is 1. The van der Waals surface area contributed by atoms with Crippen molar-refractivity contribution in [1.29, 1.82) is 5.26 Å². The van der Waals surface area contributed by atoms with Crippen molar-refractivity contribution in [2.24, 2.45) is 5.41 Å². The van der Waals surface area contributed by atoms with E-state index in [1.165, 1.54) is 11.1 Å². The minimum Gasteiger partial charge on any atom is -0.493 e. The molecule has 2 heteroatoms. The van der Waals surface area contributed by atoms with Crippen LogP contribution < -0.4 is 4.74 Å². The number of hydrogen-bond donors (Lipinski definition) is 0. The van der Waals surface area contributed by atoms with Crippen molar-refractivity contribution in [3.8, 4) is 11.8 Å². The topological polar surface area (TPSA) is 33.0 Å². The van der Waals surface area contributed by atoms with Gasteiger partial charge in [0.2, 0.25) is 0 Å². The van der Waals surface area contributed by atoms with Crippen molar-refractivity contribution in [2.75, 3.05) is 6.61 Å². The smallest absolute Gasteiger partial charge is 0.123 e. The van der Waals surface area contributed by atoms with E-state index < -0.39 is 0 Å². The molecule has 0 saturated carbocycles. The van der Waals surface area contributed by atoms with Crippen LogP contribution in [0.5, 0.6) is 5.75 Å². The molecule has 0 radical (unpaired) electrons. The van der Waals surface area contributed by atoms with Crippen LogP contribution in [0.25, 0.3) is 0 Å². The zero-order chi connectivity index (χ0) is 15.4. The normalized spacial score (nSPS) is 12.1. The molecular formula is C18H27NO. The molecule has 0 saturated heterocycles. The first kappa shape index (κ1) is 16.6. The van der Waals surface area contributed by atoms with Crippen molar-refractivity contribution in [3.05, 3.63) is 29.3 Å². The fourth-order valence-electron chi connectivity index (χ4n) is 1.98. The molecule has 0 amide bonds. The molecule has 0 bridgehead atoms. The summed E-state index contributed by atoms with van der Waals surface area (Å²) in [5.74, 6) is 0.948. The lowest BCUT2D eigenvalue weighted by Gasteiger charge is -2.24. The molecule has 0 aromatic heterocycles. The molecule has 0 aliphatic heterocycles. The van der Waals surface area contributed by atoms with E-state index in [0.717, 1.165) is 18.6 Å². The second-order valence-corrected chi connectivity index (χ2v) is 7.03. The summed E-state index contributed by atoms with van der Waals surface area (Å²) in [6, 6.07) is 8.74. The first-order chi connectivity index (χ1) is 9.19. The quantitative estimate of drug-likeness (QED) is 0.767. The van der Waals surface area contributed by atoms with Gasteiger partial charge in [0.15, 0.2) is 0 Å². The molecule has 0 unspecified atom stereocenters. The van der Waals surface area contributed by atoms with Gasteiger partial charge in [-0.1, -0.05) is 39.8 Å². The molecule has 1 aromatic carbocycles. The Morgan fingerprint density at radius 3 is 2.30 bits per heavy atom. The Balaban J connectivity index is 2.88. The highest BCUT2D eigenvalue weighted by atomic mass is 16.5. The van der Waals surface area contributed by atoms with Gasteiger partial charge < -0.3 is 4.74 Å². The molecule has 0 heterocycles. The average Bonchev–Trinajstić information content (AvgIpc) is 2.37. The van der Waals surface area contributed by atoms with Gasteiger partial charge in [-0.15, -0.1) is 0 Å². The van der Waals surface area contributed by atoms with Crippen LogP contribution in [0.3, 0.4) is 0 Å². The van der Waals surface area contributed by atoms with Gasteiger partial charge in [0, 0.05) is 0 Å². The number of ether oxygens (including phenoxy) is 1. The second-order valence-electron chi connectivity index (χ2n) is 7.03. The monoisotopic (exact) mass is 273 g/mol. The Hall–Kier alpha value is -1.49. The zero-order valence-corrected chi connectivity index (χ0v) is 13.7. The lowest BCUT2D eigenvalue weighted by atomic mass is 9.85. The van der Waals surface area contributed by atoms with Crippen molar-refractivity contribution >= 4 is 0 Å². The second kappa shape index (κ2) is 6.31. The van der Waals surface area contributed by atoms with Gasteiger partial charge in [0.1, 0.15) is 5.75 Å². The fraction of sp³-hybridized carbons (Fsp3) is 0.611. The SMILES string of the molecule is CCc1ccc(OCCC(C)(C)C#N)c(C(C)(C)C)c1. The van der Waals surface area contributed by atoms with Gasteiger partial charge in [0.25, 0.3) is 0 Å². The number of aryl methyl sites for hydroxylation is 1. The largest absolute Gasteiger partial charge is 0.493 e. The highest BCUT2D eigenvalue weighted by Gasteiger charge is 2.21. The van der Waals surface area contributed by atoms with Gasteiger partial charge >= 0.3 is 0 Å². The van der Waals surface area contributed by atoms with Crippen LogP contribution in [0.15, 0.2) is 18.2 Å². The van der Waals surface area contributed by atoms with Crippen LogP contribution in [0, 0.1) is 16.7 Å². The maximum atomic E-state index is 9.04. The third kappa shape index (κ3) is 4.56. The van der Waals surface area contributed by atoms with Gasteiger partial charge in [-0.3, -0.25) is 0 Å². The van der Waals surface area contributed by atoms with Crippen molar-refractivity contribution in [2.45, 2.75) is 59.8 Å². The molecule has 0 aliphatic carbocycles. The van der Waals surface area contributed by atoms with Crippen molar-refractivity contribution < 1.29 is 4.74 Å². The highest BCUT2D eigenvalue weighted by molar-refractivity contribution is 5.41. The van der Waals surface area contributed by atoms with E-state index in [1.54, 1.807) is 0 Å². The summed E-state index contributed by atoms with van der Waals surface area (Å²) in [4.78, 5) is 0. The van der Waals surface area contributed by atoms with E-state index in [4.69, 9.17) is 10.00 Å². The van der Waals surface area contributed by atoms with E-state index in [1.807, 2.05) is 13.8 Å². The van der Waals surface area contributed by atoms with Gasteiger partial charge in [-0.05, 0) is 49.3 Å². The van der Waals surface area contributed by atoms with E-state index in [-0.39, 0.29) is 10.8 Å². The first-order valence-electron chi connectivity index (χ1n) is 7.37. The number of rotatable bonds is 5. The fourth-order valence-corrected chi connectivity index (χ4v) is 1.98. The summed E-state index contributed by atoms with van der Waals surface area (Å²) < 4.78 is 5.95.